The molecule has 0 radical (unpaired) electrons. The molecule has 0 aliphatic carbocycles. The highest BCUT2D eigenvalue weighted by molar-refractivity contribution is 4.83. The Kier molecular flexibility index (Phi) is 6.09. The van der Waals surface area contributed by atoms with Crippen LogP contribution in [0.2, 0.25) is 0 Å². The third kappa shape index (κ3) is 5.25. The molecular weight excluding hydrogens is 224 g/mol. The van der Waals surface area contributed by atoms with Crippen LogP contribution in [0, 0.1) is 0 Å². The van der Waals surface area contributed by atoms with Crippen LogP contribution in [0.15, 0.2) is 0 Å². The summed E-state index contributed by atoms with van der Waals surface area (Å²) in [6.07, 6.45) is 4.07. The Hall–Kier alpha value is -0.120. The highest BCUT2D eigenvalue weighted by atomic mass is 16.5. The molecular formula is C15H32N2O. The van der Waals surface area contributed by atoms with Gasteiger partial charge in [-0.05, 0) is 67.5 Å². The molecule has 0 aromatic heterocycles. The molecule has 3 nitrogen and oxygen atoms in total. The number of nitrogens with zero attached hydrogens (tertiary/aromatic N) is 1. The Morgan fingerprint density at radius 2 is 2.06 bits per heavy atom. The van der Waals surface area contributed by atoms with Crippen LogP contribution in [0.5, 0.6) is 0 Å². The van der Waals surface area contributed by atoms with E-state index < -0.39 is 0 Å². The van der Waals surface area contributed by atoms with Crippen molar-refractivity contribution in [3.05, 3.63) is 0 Å². The number of ether oxygens (including phenoxy) is 1. The van der Waals surface area contributed by atoms with Gasteiger partial charge in [0.05, 0.1) is 6.10 Å². The van der Waals surface area contributed by atoms with Crippen LogP contribution in [0.3, 0.4) is 0 Å². The fourth-order valence-corrected chi connectivity index (χ4v) is 2.65. The van der Waals surface area contributed by atoms with Crippen molar-refractivity contribution in [1.82, 2.24) is 10.2 Å². The second-order valence-electron chi connectivity index (χ2n) is 6.77. The van der Waals surface area contributed by atoms with Crippen LogP contribution in [0.25, 0.3) is 0 Å². The zero-order valence-corrected chi connectivity index (χ0v) is 13.1. The average Bonchev–Trinajstić information content (AvgIpc) is 2.68. The second kappa shape index (κ2) is 6.88. The molecule has 1 fully saturated rings. The normalized spacial score (nSPS) is 26.8. The lowest BCUT2D eigenvalue weighted by atomic mass is 10.0. The van der Waals surface area contributed by atoms with Gasteiger partial charge in [0.2, 0.25) is 0 Å². The van der Waals surface area contributed by atoms with Crippen molar-refractivity contribution in [2.45, 2.75) is 77.6 Å². The molecule has 0 amide bonds. The molecule has 18 heavy (non-hydrogen) atoms. The number of rotatable bonds is 6. The van der Waals surface area contributed by atoms with Crippen LogP contribution in [-0.2, 0) is 4.74 Å². The van der Waals surface area contributed by atoms with Crippen molar-refractivity contribution in [1.29, 1.82) is 0 Å². The largest absolute Gasteiger partial charge is 0.377 e. The van der Waals surface area contributed by atoms with E-state index in [4.69, 9.17) is 4.74 Å². The molecule has 1 aliphatic rings. The predicted octanol–water partition coefficient (Wildman–Crippen LogP) is 2.65. The van der Waals surface area contributed by atoms with E-state index in [1.54, 1.807) is 0 Å². The first-order valence-corrected chi connectivity index (χ1v) is 7.40. The standard InChI is InChI=1S/C15H32N2O/c1-12(8-7-10-16-15(3,4)5)17(6)14-9-11-18-13(14)2/h12-14,16H,7-11H2,1-6H3. The van der Waals surface area contributed by atoms with E-state index in [1.807, 2.05) is 0 Å². The number of nitrogens with one attached hydrogen (secondary N) is 1. The highest BCUT2D eigenvalue weighted by Crippen LogP contribution is 2.21. The summed E-state index contributed by atoms with van der Waals surface area (Å²) < 4.78 is 5.65. The van der Waals surface area contributed by atoms with E-state index in [2.05, 4.69) is 51.9 Å². The molecule has 1 saturated heterocycles. The molecule has 1 aliphatic heterocycles. The third-order valence-corrected chi connectivity index (χ3v) is 4.01. The zero-order valence-electron chi connectivity index (χ0n) is 13.1. The predicted molar refractivity (Wildman–Crippen MR) is 78.0 cm³/mol. The lowest BCUT2D eigenvalue weighted by molar-refractivity contribution is 0.0685. The van der Waals surface area contributed by atoms with E-state index in [9.17, 15) is 0 Å². The summed E-state index contributed by atoms with van der Waals surface area (Å²) in [5, 5.41) is 3.55. The first-order chi connectivity index (χ1) is 8.31. The summed E-state index contributed by atoms with van der Waals surface area (Å²) in [5.41, 5.74) is 0.239. The van der Waals surface area contributed by atoms with E-state index in [1.165, 1.54) is 19.3 Å². The maximum atomic E-state index is 5.65. The molecule has 3 unspecified atom stereocenters. The molecule has 0 saturated carbocycles. The third-order valence-electron chi connectivity index (χ3n) is 4.01. The van der Waals surface area contributed by atoms with Crippen molar-refractivity contribution in [3.8, 4) is 0 Å². The SMILES string of the molecule is CC1OCCC1N(C)C(C)CCCNC(C)(C)C. The topological polar surface area (TPSA) is 24.5 Å². The van der Waals surface area contributed by atoms with E-state index in [-0.39, 0.29) is 5.54 Å². The van der Waals surface area contributed by atoms with Gasteiger partial charge in [-0.3, -0.25) is 4.90 Å². The zero-order chi connectivity index (χ0) is 13.8. The van der Waals surface area contributed by atoms with Crippen molar-refractivity contribution >= 4 is 0 Å². The van der Waals surface area contributed by atoms with Crippen LogP contribution in [0.4, 0.5) is 0 Å². The molecule has 0 aromatic rings. The molecule has 3 heteroatoms. The van der Waals surface area contributed by atoms with Crippen LogP contribution < -0.4 is 5.32 Å². The quantitative estimate of drug-likeness (QED) is 0.739. The Morgan fingerprint density at radius 3 is 2.56 bits per heavy atom. The molecule has 1 N–H and O–H groups in total. The average molecular weight is 256 g/mol. The smallest absolute Gasteiger partial charge is 0.0703 e. The Bertz CT molecular complexity index is 237. The van der Waals surface area contributed by atoms with Crippen molar-refractivity contribution in [2.75, 3.05) is 20.2 Å². The summed E-state index contributed by atoms with van der Waals surface area (Å²) >= 11 is 0. The Labute approximate surface area is 113 Å². The van der Waals surface area contributed by atoms with Crippen molar-refractivity contribution < 1.29 is 4.74 Å². The molecule has 108 valence electrons. The van der Waals surface area contributed by atoms with Crippen LogP contribution >= 0.6 is 0 Å². The van der Waals surface area contributed by atoms with Gasteiger partial charge in [-0.25, -0.2) is 0 Å². The molecule has 0 aromatic carbocycles. The summed E-state index contributed by atoms with van der Waals surface area (Å²) in [5.74, 6) is 0. The Morgan fingerprint density at radius 1 is 1.39 bits per heavy atom. The molecule has 0 bridgehead atoms. The van der Waals surface area contributed by atoms with E-state index in [0.29, 0.717) is 18.2 Å². The second-order valence-corrected chi connectivity index (χ2v) is 6.77. The van der Waals surface area contributed by atoms with Crippen molar-refractivity contribution in [3.63, 3.8) is 0 Å². The van der Waals surface area contributed by atoms with Gasteiger partial charge >= 0.3 is 0 Å². The maximum absolute atomic E-state index is 5.65. The Balaban J connectivity index is 2.21. The number of hydrogen-bond acceptors (Lipinski definition) is 3. The molecule has 1 heterocycles. The fourth-order valence-electron chi connectivity index (χ4n) is 2.65. The summed E-state index contributed by atoms with van der Waals surface area (Å²) in [6.45, 7) is 13.2. The summed E-state index contributed by atoms with van der Waals surface area (Å²) in [7, 11) is 2.25. The minimum Gasteiger partial charge on any atom is -0.377 e. The highest BCUT2D eigenvalue weighted by Gasteiger charge is 2.29. The fraction of sp³-hybridized carbons (Fsp3) is 1.00. The minimum absolute atomic E-state index is 0.239. The van der Waals surface area contributed by atoms with Gasteiger partial charge in [-0.15, -0.1) is 0 Å². The van der Waals surface area contributed by atoms with Gasteiger partial charge in [0.15, 0.2) is 0 Å². The molecule has 3 atom stereocenters. The monoisotopic (exact) mass is 256 g/mol. The van der Waals surface area contributed by atoms with Gasteiger partial charge in [0, 0.05) is 24.2 Å². The van der Waals surface area contributed by atoms with Gasteiger partial charge in [-0.1, -0.05) is 0 Å². The summed E-state index contributed by atoms with van der Waals surface area (Å²) in [4.78, 5) is 2.51. The van der Waals surface area contributed by atoms with Gasteiger partial charge in [-0.2, -0.15) is 0 Å². The van der Waals surface area contributed by atoms with E-state index in [0.717, 1.165) is 13.2 Å². The van der Waals surface area contributed by atoms with E-state index >= 15 is 0 Å². The molecule has 1 rings (SSSR count). The van der Waals surface area contributed by atoms with Gasteiger partial charge in [0.1, 0.15) is 0 Å². The van der Waals surface area contributed by atoms with Crippen LogP contribution in [-0.4, -0.2) is 48.8 Å². The van der Waals surface area contributed by atoms with Crippen LogP contribution in [0.1, 0.15) is 53.9 Å². The lowest BCUT2D eigenvalue weighted by Gasteiger charge is -2.32. The first-order valence-electron chi connectivity index (χ1n) is 7.40. The first kappa shape index (κ1) is 15.9. The number of likely N-dealkylation sites (N-methyl/N-ethyl adjacent to an activating group) is 1. The minimum atomic E-state index is 0.239. The summed E-state index contributed by atoms with van der Waals surface area (Å²) in [6, 6.07) is 1.25. The lowest BCUT2D eigenvalue weighted by Crippen LogP contribution is -2.43. The van der Waals surface area contributed by atoms with Gasteiger partial charge in [0.25, 0.3) is 0 Å². The maximum Gasteiger partial charge on any atom is 0.0703 e. The molecule has 0 spiro atoms. The number of hydrogen-bond donors (Lipinski definition) is 1. The van der Waals surface area contributed by atoms with Crippen molar-refractivity contribution in [2.24, 2.45) is 0 Å². The van der Waals surface area contributed by atoms with Gasteiger partial charge < -0.3 is 10.1 Å².